The summed E-state index contributed by atoms with van der Waals surface area (Å²) in [6.45, 7) is 9.17. The fourth-order valence-electron chi connectivity index (χ4n) is 2.98. The van der Waals surface area contributed by atoms with Crippen molar-refractivity contribution in [3.63, 3.8) is 0 Å². The van der Waals surface area contributed by atoms with Gasteiger partial charge in [-0.25, -0.2) is 4.79 Å². The lowest BCUT2D eigenvalue weighted by atomic mass is 10.1. The van der Waals surface area contributed by atoms with Crippen LogP contribution in [0.15, 0.2) is 12.1 Å². The molecule has 0 bridgehead atoms. The minimum atomic E-state index is -0.517. The number of nitrogens with one attached hydrogen (secondary N) is 3. The fraction of sp³-hybridized carbons (Fsp3) is 0.680. The summed E-state index contributed by atoms with van der Waals surface area (Å²) in [6, 6.07) is 3.62. The number of amides is 2. The normalized spacial score (nSPS) is 11.1. The molecule has 0 aliphatic heterocycles. The zero-order chi connectivity index (χ0) is 26.8. The fourth-order valence-corrected chi connectivity index (χ4v) is 2.98. The van der Waals surface area contributed by atoms with Crippen molar-refractivity contribution < 1.29 is 38.0 Å². The lowest BCUT2D eigenvalue weighted by Crippen LogP contribution is -2.34. The maximum atomic E-state index is 11.5. The second-order valence-corrected chi connectivity index (χ2v) is 8.76. The third-order valence-electron chi connectivity index (χ3n) is 4.69. The van der Waals surface area contributed by atoms with Gasteiger partial charge in [0.05, 0.1) is 52.8 Å². The van der Waals surface area contributed by atoms with Gasteiger partial charge in [0.1, 0.15) is 22.8 Å². The van der Waals surface area contributed by atoms with Crippen LogP contribution in [0.25, 0.3) is 0 Å². The molecule has 1 rings (SSSR count). The Kier molecular flexibility index (Phi) is 15.3. The molecule has 1 aromatic rings. The van der Waals surface area contributed by atoms with E-state index in [0.29, 0.717) is 82.8 Å². The number of carbonyl (C=O) groups is 2. The van der Waals surface area contributed by atoms with E-state index < -0.39 is 11.7 Å². The number of benzene rings is 1. The number of hydrogen-bond acceptors (Lipinski definition) is 9. The summed E-state index contributed by atoms with van der Waals surface area (Å²) in [6.07, 6.45) is 0.565. The number of alkyl carbamates (subject to hydrolysis) is 1. The van der Waals surface area contributed by atoms with Gasteiger partial charge in [0.15, 0.2) is 0 Å². The van der Waals surface area contributed by atoms with E-state index in [1.54, 1.807) is 21.3 Å². The Balaban J connectivity index is 2.25. The molecule has 2 amide bonds. The molecule has 0 spiro atoms. The maximum absolute atomic E-state index is 11.5. The van der Waals surface area contributed by atoms with Crippen LogP contribution in [0.1, 0.15) is 39.2 Å². The molecule has 0 saturated heterocycles. The highest BCUT2D eigenvalue weighted by Crippen LogP contribution is 2.34. The minimum absolute atomic E-state index is 0.0146. The summed E-state index contributed by atoms with van der Waals surface area (Å²) in [7, 11) is 4.81. The van der Waals surface area contributed by atoms with Gasteiger partial charge in [-0.15, -0.1) is 0 Å². The Morgan fingerprint density at radius 2 is 1.50 bits per heavy atom. The van der Waals surface area contributed by atoms with Crippen LogP contribution < -0.4 is 30.2 Å². The zero-order valence-electron chi connectivity index (χ0n) is 22.5. The molecule has 0 fully saturated rings. The molecule has 1 aromatic carbocycles. The van der Waals surface area contributed by atoms with Gasteiger partial charge in [-0.05, 0) is 27.2 Å². The molecular formula is C25H43N3O8. The summed E-state index contributed by atoms with van der Waals surface area (Å²) in [4.78, 5) is 22.8. The lowest BCUT2D eigenvalue weighted by molar-refractivity contribution is -0.120. The molecule has 0 heterocycles. The van der Waals surface area contributed by atoms with E-state index >= 15 is 0 Å². The molecule has 0 saturated carbocycles. The van der Waals surface area contributed by atoms with E-state index in [1.165, 1.54) is 0 Å². The van der Waals surface area contributed by atoms with Crippen molar-refractivity contribution in [2.45, 2.75) is 45.8 Å². The highest BCUT2D eigenvalue weighted by Gasteiger charge is 2.15. The molecular weight excluding hydrogens is 470 g/mol. The van der Waals surface area contributed by atoms with E-state index in [2.05, 4.69) is 16.0 Å². The van der Waals surface area contributed by atoms with Crippen LogP contribution in [0.5, 0.6) is 17.2 Å². The molecule has 36 heavy (non-hydrogen) atoms. The van der Waals surface area contributed by atoms with Crippen molar-refractivity contribution >= 4 is 12.0 Å². The van der Waals surface area contributed by atoms with E-state index in [4.69, 9.17) is 28.4 Å². The molecule has 0 radical (unpaired) electrons. The van der Waals surface area contributed by atoms with Crippen molar-refractivity contribution in [2.24, 2.45) is 0 Å². The lowest BCUT2D eigenvalue weighted by Gasteiger charge is -2.19. The summed E-state index contributed by atoms with van der Waals surface area (Å²) < 4.78 is 33.0. The number of ether oxygens (including phenoxy) is 6. The second kappa shape index (κ2) is 17.6. The number of carbonyl (C=O) groups excluding carboxylic acids is 2. The topological polar surface area (TPSA) is 126 Å². The third kappa shape index (κ3) is 14.0. The molecule has 0 atom stereocenters. The Morgan fingerprint density at radius 1 is 0.889 bits per heavy atom. The van der Waals surface area contributed by atoms with Gasteiger partial charge in [-0.2, -0.15) is 0 Å². The first kappa shape index (κ1) is 31.3. The first-order valence-corrected chi connectivity index (χ1v) is 12.1. The second-order valence-electron chi connectivity index (χ2n) is 8.76. The zero-order valence-corrected chi connectivity index (χ0v) is 22.5. The van der Waals surface area contributed by atoms with Gasteiger partial charge in [0.25, 0.3) is 0 Å². The van der Waals surface area contributed by atoms with Crippen LogP contribution in [-0.2, 0) is 25.5 Å². The molecule has 11 nitrogen and oxygen atoms in total. The van der Waals surface area contributed by atoms with Crippen LogP contribution in [0, 0.1) is 0 Å². The highest BCUT2D eigenvalue weighted by molar-refractivity contribution is 5.75. The van der Waals surface area contributed by atoms with E-state index in [9.17, 15) is 9.59 Å². The van der Waals surface area contributed by atoms with Gasteiger partial charge in [-0.1, -0.05) is 0 Å². The first-order valence-electron chi connectivity index (χ1n) is 12.1. The molecule has 11 heteroatoms. The maximum Gasteiger partial charge on any atom is 0.407 e. The van der Waals surface area contributed by atoms with Gasteiger partial charge < -0.3 is 44.4 Å². The highest BCUT2D eigenvalue weighted by atomic mass is 16.6. The minimum Gasteiger partial charge on any atom is -0.496 e. The molecule has 0 aliphatic rings. The summed E-state index contributed by atoms with van der Waals surface area (Å²) >= 11 is 0. The summed E-state index contributed by atoms with van der Waals surface area (Å²) in [5.41, 5.74) is 0.356. The van der Waals surface area contributed by atoms with Crippen LogP contribution in [0.2, 0.25) is 0 Å². The van der Waals surface area contributed by atoms with Crippen molar-refractivity contribution in [1.29, 1.82) is 0 Å². The van der Waals surface area contributed by atoms with Crippen LogP contribution >= 0.6 is 0 Å². The van der Waals surface area contributed by atoms with Crippen molar-refractivity contribution in [3.8, 4) is 17.2 Å². The number of methoxy groups -OCH3 is 2. The van der Waals surface area contributed by atoms with Crippen molar-refractivity contribution in [1.82, 2.24) is 16.0 Å². The Bertz CT molecular complexity index is 758. The third-order valence-corrected chi connectivity index (χ3v) is 4.69. The van der Waals surface area contributed by atoms with Crippen LogP contribution in [-0.4, -0.2) is 85.0 Å². The van der Waals surface area contributed by atoms with Crippen molar-refractivity contribution in [2.75, 3.05) is 67.4 Å². The quantitative estimate of drug-likeness (QED) is 0.253. The van der Waals surface area contributed by atoms with Gasteiger partial charge in [-0.3, -0.25) is 4.79 Å². The molecule has 0 aliphatic carbocycles. The average Bonchev–Trinajstić information content (AvgIpc) is 2.83. The number of rotatable bonds is 18. The molecule has 0 aromatic heterocycles. The predicted octanol–water partition coefficient (Wildman–Crippen LogP) is 2.26. The van der Waals surface area contributed by atoms with Gasteiger partial charge in [0.2, 0.25) is 5.91 Å². The Hall–Kier alpha value is -2.76. The first-order chi connectivity index (χ1) is 17.2. The average molecular weight is 514 g/mol. The number of hydrogen-bond donors (Lipinski definition) is 3. The largest absolute Gasteiger partial charge is 0.496 e. The van der Waals surface area contributed by atoms with Crippen molar-refractivity contribution in [3.05, 3.63) is 17.7 Å². The van der Waals surface area contributed by atoms with E-state index in [-0.39, 0.29) is 5.91 Å². The van der Waals surface area contributed by atoms with E-state index in [1.807, 2.05) is 32.9 Å². The molecule has 206 valence electrons. The summed E-state index contributed by atoms with van der Waals surface area (Å²) in [5, 5.41) is 8.54. The Labute approximate surface area is 214 Å². The Morgan fingerprint density at radius 3 is 2.06 bits per heavy atom. The molecule has 3 N–H and O–H groups in total. The standard InChI is InChI=1S/C25H43N3O8/c1-25(2,3)36-24(30)28-10-13-34-15-14-33-12-9-27-18-20-21(31-5)16-19(17-22(20)32-6)35-11-7-8-23(29)26-4/h16-17,27H,7-15,18H2,1-6H3,(H,26,29)(H,28,30). The summed E-state index contributed by atoms with van der Waals surface area (Å²) in [5.74, 6) is 1.91. The smallest absolute Gasteiger partial charge is 0.407 e. The SMILES string of the molecule is CNC(=O)CCCOc1cc(OC)c(CNCCOCCOCCNC(=O)OC(C)(C)C)c(OC)c1. The van der Waals surface area contributed by atoms with E-state index in [0.717, 1.165) is 5.56 Å². The van der Waals surface area contributed by atoms with Crippen LogP contribution in [0.3, 0.4) is 0 Å². The van der Waals surface area contributed by atoms with Crippen LogP contribution in [0.4, 0.5) is 4.79 Å². The van der Waals surface area contributed by atoms with Gasteiger partial charge in [0, 0.05) is 45.2 Å². The monoisotopic (exact) mass is 513 g/mol. The van der Waals surface area contributed by atoms with Gasteiger partial charge >= 0.3 is 6.09 Å². The molecule has 0 unspecified atom stereocenters. The predicted molar refractivity (Wildman–Crippen MR) is 136 cm³/mol.